The van der Waals surface area contributed by atoms with Crippen LogP contribution < -0.4 is 5.32 Å². The molecule has 0 radical (unpaired) electrons. The summed E-state index contributed by atoms with van der Waals surface area (Å²) in [5.41, 5.74) is 4.13. The Morgan fingerprint density at radius 3 is 2.75 bits per heavy atom. The average molecular weight is 365 g/mol. The molecular weight excluding hydrogens is 340 g/mol. The van der Waals surface area contributed by atoms with Crippen molar-refractivity contribution in [2.75, 3.05) is 29.9 Å². The molecule has 0 bridgehead atoms. The van der Waals surface area contributed by atoms with Crippen molar-refractivity contribution in [3.8, 4) is 0 Å². The minimum atomic E-state index is -0.0330. The number of thioether (sulfide) groups is 1. The number of carbonyl (C=O) groups is 1. The van der Waals surface area contributed by atoms with E-state index in [2.05, 4.69) is 23.2 Å². The molecule has 130 valence electrons. The molecule has 1 amide bonds. The van der Waals surface area contributed by atoms with E-state index in [1.54, 1.807) is 0 Å². The molecule has 1 aliphatic heterocycles. The van der Waals surface area contributed by atoms with Crippen LogP contribution in [0.25, 0.3) is 0 Å². The van der Waals surface area contributed by atoms with Gasteiger partial charge in [-0.2, -0.15) is 11.8 Å². The van der Waals surface area contributed by atoms with Gasteiger partial charge < -0.3 is 5.32 Å². The Kier molecular flexibility index (Phi) is 6.25. The Balaban J connectivity index is 1.71. The summed E-state index contributed by atoms with van der Waals surface area (Å²) in [5.74, 6) is 2.39. The van der Waals surface area contributed by atoms with Gasteiger partial charge in [-0.1, -0.05) is 23.7 Å². The van der Waals surface area contributed by atoms with Gasteiger partial charge in [-0.05, 0) is 49.8 Å². The highest BCUT2D eigenvalue weighted by atomic mass is 35.5. The maximum absolute atomic E-state index is 12.6. The number of hydrogen-bond donors (Lipinski definition) is 1. The van der Waals surface area contributed by atoms with Gasteiger partial charge in [-0.25, -0.2) is 0 Å². The Hall–Kier alpha value is -0.970. The number of rotatable bonds is 4. The van der Waals surface area contributed by atoms with Crippen LogP contribution in [0.2, 0.25) is 0 Å². The summed E-state index contributed by atoms with van der Waals surface area (Å²) < 4.78 is 0. The van der Waals surface area contributed by atoms with Crippen LogP contribution in [0.15, 0.2) is 28.8 Å². The summed E-state index contributed by atoms with van der Waals surface area (Å²) in [4.78, 5) is 15.1. The first kappa shape index (κ1) is 17.8. The summed E-state index contributed by atoms with van der Waals surface area (Å²) in [6, 6.07) is 6.19. The molecule has 1 N–H and O–H groups in total. The van der Waals surface area contributed by atoms with Crippen LogP contribution in [-0.2, 0) is 11.3 Å². The molecular formula is C19H25ClN2OS. The molecule has 1 aliphatic carbocycles. The van der Waals surface area contributed by atoms with E-state index in [4.69, 9.17) is 11.6 Å². The quantitative estimate of drug-likeness (QED) is 0.850. The standard InChI is InChI=1S/C19H25ClN2OS/c1-14-15(13-22-9-11-24-12-10-22)5-4-8-18(14)21-19(23)16-6-2-3-7-17(16)20/h4-5,8H,2-3,6-7,9-13H2,1H3,(H,21,23). The minimum Gasteiger partial charge on any atom is -0.322 e. The van der Waals surface area contributed by atoms with E-state index in [9.17, 15) is 4.79 Å². The van der Waals surface area contributed by atoms with Gasteiger partial charge in [0, 0.05) is 47.4 Å². The maximum Gasteiger partial charge on any atom is 0.252 e. The van der Waals surface area contributed by atoms with E-state index in [0.29, 0.717) is 0 Å². The summed E-state index contributed by atoms with van der Waals surface area (Å²) >= 11 is 8.28. The van der Waals surface area contributed by atoms with Crippen LogP contribution in [0.5, 0.6) is 0 Å². The van der Waals surface area contributed by atoms with Crippen molar-refractivity contribution in [1.82, 2.24) is 4.90 Å². The zero-order valence-corrected chi connectivity index (χ0v) is 15.8. The highest BCUT2D eigenvalue weighted by molar-refractivity contribution is 7.99. The van der Waals surface area contributed by atoms with Crippen LogP contribution >= 0.6 is 23.4 Å². The molecule has 3 rings (SSSR count). The lowest BCUT2D eigenvalue weighted by Gasteiger charge is -2.27. The normalized spacial score (nSPS) is 19.4. The van der Waals surface area contributed by atoms with Gasteiger partial charge in [-0.3, -0.25) is 9.69 Å². The Bertz CT molecular complexity index is 638. The van der Waals surface area contributed by atoms with E-state index in [1.165, 1.54) is 17.1 Å². The number of hydrogen-bond acceptors (Lipinski definition) is 3. The zero-order valence-electron chi connectivity index (χ0n) is 14.2. The molecule has 0 saturated carbocycles. The highest BCUT2D eigenvalue weighted by Crippen LogP contribution is 2.29. The van der Waals surface area contributed by atoms with Crippen LogP contribution in [0, 0.1) is 6.92 Å². The van der Waals surface area contributed by atoms with E-state index in [-0.39, 0.29) is 5.91 Å². The van der Waals surface area contributed by atoms with Crippen molar-refractivity contribution < 1.29 is 4.79 Å². The molecule has 0 atom stereocenters. The summed E-state index contributed by atoms with van der Waals surface area (Å²) in [7, 11) is 0. The third-order valence-corrected chi connectivity index (χ3v) is 6.23. The molecule has 0 unspecified atom stereocenters. The third kappa shape index (κ3) is 4.35. The topological polar surface area (TPSA) is 32.3 Å². The molecule has 3 nitrogen and oxygen atoms in total. The largest absolute Gasteiger partial charge is 0.322 e. The first-order valence-corrected chi connectivity index (χ1v) is 10.3. The predicted octanol–water partition coefficient (Wildman–Crippen LogP) is 4.55. The molecule has 0 spiro atoms. The number of nitrogens with zero attached hydrogens (tertiary/aromatic N) is 1. The lowest BCUT2D eigenvalue weighted by Crippen LogP contribution is -2.32. The van der Waals surface area contributed by atoms with Crippen LogP contribution in [0.3, 0.4) is 0 Å². The molecule has 1 fully saturated rings. The fourth-order valence-electron chi connectivity index (χ4n) is 3.29. The van der Waals surface area contributed by atoms with Gasteiger partial charge in [0.2, 0.25) is 0 Å². The Morgan fingerprint density at radius 1 is 1.25 bits per heavy atom. The van der Waals surface area contributed by atoms with Gasteiger partial charge in [0.15, 0.2) is 0 Å². The van der Waals surface area contributed by atoms with Gasteiger partial charge in [0.25, 0.3) is 5.91 Å². The van der Waals surface area contributed by atoms with Crippen molar-refractivity contribution in [3.63, 3.8) is 0 Å². The van der Waals surface area contributed by atoms with Crippen molar-refractivity contribution in [1.29, 1.82) is 0 Å². The van der Waals surface area contributed by atoms with Crippen LogP contribution in [0.1, 0.15) is 36.8 Å². The second kappa shape index (κ2) is 8.41. The Labute approximate surface area is 153 Å². The molecule has 1 saturated heterocycles. The number of halogens is 1. The van der Waals surface area contributed by atoms with Crippen molar-refractivity contribution in [3.05, 3.63) is 39.9 Å². The number of amides is 1. The molecule has 24 heavy (non-hydrogen) atoms. The molecule has 1 aromatic rings. The van der Waals surface area contributed by atoms with Crippen molar-refractivity contribution in [2.45, 2.75) is 39.2 Å². The van der Waals surface area contributed by atoms with Crippen LogP contribution in [0.4, 0.5) is 5.69 Å². The van der Waals surface area contributed by atoms with Crippen molar-refractivity contribution >= 4 is 35.0 Å². The van der Waals surface area contributed by atoms with Crippen molar-refractivity contribution in [2.24, 2.45) is 0 Å². The van der Waals surface area contributed by atoms with Gasteiger partial charge in [0.1, 0.15) is 0 Å². The number of carbonyl (C=O) groups excluding carboxylic acids is 1. The monoisotopic (exact) mass is 364 g/mol. The molecule has 1 heterocycles. The molecule has 2 aliphatic rings. The summed E-state index contributed by atoms with van der Waals surface area (Å²) in [6.45, 7) is 5.34. The van der Waals surface area contributed by atoms with E-state index < -0.39 is 0 Å². The minimum absolute atomic E-state index is 0.0330. The van der Waals surface area contributed by atoms with E-state index in [1.807, 2.05) is 23.9 Å². The first-order valence-electron chi connectivity index (χ1n) is 8.72. The molecule has 1 aromatic carbocycles. The SMILES string of the molecule is Cc1c(CN2CCSCC2)cccc1NC(=O)C1=C(Cl)CCCC1. The molecule has 0 aromatic heterocycles. The number of benzene rings is 1. The highest BCUT2D eigenvalue weighted by Gasteiger charge is 2.19. The van der Waals surface area contributed by atoms with Crippen LogP contribution in [-0.4, -0.2) is 35.4 Å². The second-order valence-electron chi connectivity index (χ2n) is 6.52. The fourth-order valence-corrected chi connectivity index (χ4v) is 4.59. The first-order chi connectivity index (χ1) is 11.6. The van der Waals surface area contributed by atoms with Gasteiger partial charge in [-0.15, -0.1) is 0 Å². The molecule has 5 heteroatoms. The van der Waals surface area contributed by atoms with Gasteiger partial charge in [0.05, 0.1) is 0 Å². The smallest absolute Gasteiger partial charge is 0.252 e. The number of allylic oxidation sites excluding steroid dienone is 1. The number of anilines is 1. The van der Waals surface area contributed by atoms with E-state index >= 15 is 0 Å². The predicted molar refractivity (Wildman–Crippen MR) is 104 cm³/mol. The maximum atomic E-state index is 12.6. The second-order valence-corrected chi connectivity index (χ2v) is 8.20. The lowest BCUT2D eigenvalue weighted by molar-refractivity contribution is -0.113. The summed E-state index contributed by atoms with van der Waals surface area (Å²) in [5, 5.41) is 3.82. The zero-order chi connectivity index (χ0) is 16.9. The third-order valence-electron chi connectivity index (χ3n) is 4.87. The summed E-state index contributed by atoms with van der Waals surface area (Å²) in [6.07, 6.45) is 3.74. The fraction of sp³-hybridized carbons (Fsp3) is 0.526. The Morgan fingerprint density at radius 2 is 2.00 bits per heavy atom. The lowest BCUT2D eigenvalue weighted by atomic mass is 9.98. The van der Waals surface area contributed by atoms with E-state index in [0.717, 1.165) is 67.2 Å². The van der Waals surface area contributed by atoms with Gasteiger partial charge >= 0.3 is 0 Å². The average Bonchev–Trinajstić information content (AvgIpc) is 2.60. The number of nitrogens with one attached hydrogen (secondary N) is 1.